The minimum absolute atomic E-state index is 0.180. The number of ether oxygens (including phenoxy) is 2. The summed E-state index contributed by atoms with van der Waals surface area (Å²) in [5, 5.41) is 0. The van der Waals surface area contributed by atoms with E-state index in [0.29, 0.717) is 6.42 Å². The standard InChI is InChI=1S/C12H19NO5/c1-12(2,3)18-11(16)8-5-6-9(14)13(8)10(15)7-17-4/h8H,5-7H2,1-4H3. The zero-order chi connectivity index (χ0) is 13.9. The van der Waals surface area contributed by atoms with Gasteiger partial charge in [0.15, 0.2) is 0 Å². The summed E-state index contributed by atoms with van der Waals surface area (Å²) in [6.07, 6.45) is 0.489. The molecule has 18 heavy (non-hydrogen) atoms. The van der Waals surface area contributed by atoms with E-state index in [-0.39, 0.29) is 18.9 Å². The van der Waals surface area contributed by atoms with Gasteiger partial charge in [-0.3, -0.25) is 14.5 Å². The third-order valence-corrected chi connectivity index (χ3v) is 2.43. The maximum atomic E-state index is 11.9. The summed E-state index contributed by atoms with van der Waals surface area (Å²) in [7, 11) is 1.36. The second kappa shape index (κ2) is 5.48. The monoisotopic (exact) mass is 257 g/mol. The number of nitrogens with zero attached hydrogens (tertiary/aromatic N) is 1. The summed E-state index contributed by atoms with van der Waals surface area (Å²) < 4.78 is 9.90. The Hall–Kier alpha value is -1.43. The van der Waals surface area contributed by atoms with Gasteiger partial charge in [-0.2, -0.15) is 0 Å². The highest BCUT2D eigenvalue weighted by Gasteiger charge is 2.41. The largest absolute Gasteiger partial charge is 0.458 e. The average Bonchev–Trinajstić information content (AvgIpc) is 2.58. The number of rotatable bonds is 3. The van der Waals surface area contributed by atoms with E-state index < -0.39 is 23.5 Å². The number of amides is 2. The van der Waals surface area contributed by atoms with Crippen molar-refractivity contribution in [1.82, 2.24) is 4.90 Å². The first kappa shape index (κ1) is 14.6. The van der Waals surface area contributed by atoms with Gasteiger partial charge in [-0.25, -0.2) is 4.79 Å². The number of likely N-dealkylation sites (tertiary alicyclic amines) is 1. The lowest BCUT2D eigenvalue weighted by Crippen LogP contribution is -2.46. The van der Waals surface area contributed by atoms with Crippen molar-refractivity contribution in [3.05, 3.63) is 0 Å². The lowest BCUT2D eigenvalue weighted by molar-refractivity contribution is -0.166. The molecule has 1 aliphatic heterocycles. The molecule has 1 rings (SSSR count). The Bertz CT molecular complexity index is 358. The zero-order valence-corrected chi connectivity index (χ0v) is 11.2. The molecule has 102 valence electrons. The van der Waals surface area contributed by atoms with Crippen molar-refractivity contribution in [1.29, 1.82) is 0 Å². The second-order valence-electron chi connectivity index (χ2n) is 5.18. The molecule has 6 heteroatoms. The molecule has 0 aliphatic carbocycles. The third kappa shape index (κ3) is 3.53. The van der Waals surface area contributed by atoms with Gasteiger partial charge in [-0.15, -0.1) is 0 Å². The van der Waals surface area contributed by atoms with E-state index in [1.807, 2.05) is 0 Å². The summed E-state index contributed by atoms with van der Waals surface area (Å²) in [4.78, 5) is 36.2. The first-order chi connectivity index (χ1) is 8.26. The molecule has 0 N–H and O–H groups in total. The number of carbonyl (C=O) groups is 3. The number of hydrogen-bond acceptors (Lipinski definition) is 5. The van der Waals surface area contributed by atoms with Crippen LogP contribution in [-0.4, -0.2) is 48.0 Å². The smallest absolute Gasteiger partial charge is 0.329 e. The van der Waals surface area contributed by atoms with Crippen molar-refractivity contribution in [3.63, 3.8) is 0 Å². The number of carbonyl (C=O) groups excluding carboxylic acids is 3. The Kier molecular flexibility index (Phi) is 4.45. The van der Waals surface area contributed by atoms with Crippen molar-refractivity contribution in [2.75, 3.05) is 13.7 Å². The van der Waals surface area contributed by atoms with Crippen LogP contribution in [0.25, 0.3) is 0 Å². The highest BCUT2D eigenvalue weighted by atomic mass is 16.6. The van der Waals surface area contributed by atoms with Gasteiger partial charge in [0, 0.05) is 13.5 Å². The maximum absolute atomic E-state index is 11.9. The summed E-state index contributed by atoms with van der Waals surface area (Å²) in [6, 6.07) is -0.820. The Balaban J connectivity index is 2.78. The second-order valence-corrected chi connectivity index (χ2v) is 5.18. The molecule has 0 aromatic heterocycles. The van der Waals surface area contributed by atoms with Crippen molar-refractivity contribution < 1.29 is 23.9 Å². The molecule has 6 nitrogen and oxygen atoms in total. The molecule has 2 amide bonds. The van der Waals surface area contributed by atoms with E-state index in [1.54, 1.807) is 20.8 Å². The maximum Gasteiger partial charge on any atom is 0.329 e. The average molecular weight is 257 g/mol. The quantitative estimate of drug-likeness (QED) is 0.688. The number of esters is 1. The van der Waals surface area contributed by atoms with Crippen molar-refractivity contribution in [3.8, 4) is 0 Å². The Morgan fingerprint density at radius 3 is 2.50 bits per heavy atom. The van der Waals surface area contributed by atoms with Gasteiger partial charge >= 0.3 is 5.97 Å². The molecule has 1 heterocycles. The topological polar surface area (TPSA) is 72.9 Å². The molecule has 0 aromatic rings. The SMILES string of the molecule is COCC(=O)N1C(=O)CCC1C(=O)OC(C)(C)C. The first-order valence-corrected chi connectivity index (χ1v) is 5.83. The van der Waals surface area contributed by atoms with Crippen molar-refractivity contribution in [2.24, 2.45) is 0 Å². The van der Waals surface area contributed by atoms with E-state index in [1.165, 1.54) is 7.11 Å². The lowest BCUT2D eigenvalue weighted by Gasteiger charge is -2.26. The van der Waals surface area contributed by atoms with E-state index in [0.717, 1.165) is 4.90 Å². The van der Waals surface area contributed by atoms with Crippen LogP contribution in [0.5, 0.6) is 0 Å². The van der Waals surface area contributed by atoms with Crippen molar-refractivity contribution >= 4 is 17.8 Å². The zero-order valence-electron chi connectivity index (χ0n) is 11.2. The molecule has 0 radical (unpaired) electrons. The van der Waals surface area contributed by atoms with Gasteiger partial charge in [0.25, 0.3) is 5.91 Å². The highest BCUT2D eigenvalue weighted by Crippen LogP contribution is 2.22. The summed E-state index contributed by atoms with van der Waals surface area (Å²) in [5.74, 6) is -1.40. The van der Waals surface area contributed by atoms with Crippen LogP contribution in [0.1, 0.15) is 33.6 Å². The molecule has 1 unspecified atom stereocenters. The fourth-order valence-corrected chi connectivity index (χ4v) is 1.78. The normalized spacial score (nSPS) is 20.1. The number of imide groups is 1. The lowest BCUT2D eigenvalue weighted by atomic mass is 10.1. The van der Waals surface area contributed by atoms with Gasteiger partial charge in [-0.1, -0.05) is 0 Å². The highest BCUT2D eigenvalue weighted by molar-refractivity contribution is 6.02. The molecule has 0 saturated carbocycles. The molecular formula is C12H19NO5. The Morgan fingerprint density at radius 2 is 2.00 bits per heavy atom. The molecule has 0 bridgehead atoms. The molecule has 1 aliphatic rings. The van der Waals surface area contributed by atoms with Crippen molar-refractivity contribution in [2.45, 2.75) is 45.3 Å². The van der Waals surface area contributed by atoms with Crippen LogP contribution >= 0.6 is 0 Å². The molecule has 1 atom stereocenters. The minimum atomic E-state index is -0.820. The summed E-state index contributed by atoms with van der Waals surface area (Å²) >= 11 is 0. The summed E-state index contributed by atoms with van der Waals surface area (Å²) in [6.45, 7) is 5.00. The Morgan fingerprint density at radius 1 is 1.39 bits per heavy atom. The molecule has 1 fully saturated rings. The van der Waals surface area contributed by atoms with Gasteiger partial charge < -0.3 is 9.47 Å². The van der Waals surface area contributed by atoms with Crippen LogP contribution in [0, 0.1) is 0 Å². The fourth-order valence-electron chi connectivity index (χ4n) is 1.78. The van der Waals surface area contributed by atoms with E-state index >= 15 is 0 Å². The third-order valence-electron chi connectivity index (χ3n) is 2.43. The minimum Gasteiger partial charge on any atom is -0.458 e. The fraction of sp³-hybridized carbons (Fsp3) is 0.750. The predicted molar refractivity (Wildman–Crippen MR) is 62.6 cm³/mol. The number of hydrogen-bond donors (Lipinski definition) is 0. The molecule has 0 aromatic carbocycles. The van der Waals surface area contributed by atoms with Gasteiger partial charge in [-0.05, 0) is 27.2 Å². The van der Waals surface area contributed by atoms with Gasteiger partial charge in [0.1, 0.15) is 18.2 Å². The van der Waals surface area contributed by atoms with Crippen LogP contribution in [0.4, 0.5) is 0 Å². The molecular weight excluding hydrogens is 238 g/mol. The summed E-state index contributed by atoms with van der Waals surface area (Å²) in [5.41, 5.74) is -0.640. The Labute approximate surface area is 106 Å². The van der Waals surface area contributed by atoms with E-state index in [2.05, 4.69) is 0 Å². The first-order valence-electron chi connectivity index (χ1n) is 5.83. The molecule has 0 spiro atoms. The van der Waals surface area contributed by atoms with Crippen LogP contribution in [0.2, 0.25) is 0 Å². The van der Waals surface area contributed by atoms with Gasteiger partial charge in [0.2, 0.25) is 5.91 Å². The van der Waals surface area contributed by atoms with Crippen LogP contribution < -0.4 is 0 Å². The van der Waals surface area contributed by atoms with Gasteiger partial charge in [0.05, 0.1) is 0 Å². The van der Waals surface area contributed by atoms with Crippen LogP contribution in [0.3, 0.4) is 0 Å². The molecule has 1 saturated heterocycles. The van der Waals surface area contributed by atoms with Crippen LogP contribution in [-0.2, 0) is 23.9 Å². The van der Waals surface area contributed by atoms with Crippen LogP contribution in [0.15, 0.2) is 0 Å². The van der Waals surface area contributed by atoms with E-state index in [4.69, 9.17) is 9.47 Å². The number of methoxy groups -OCH3 is 1. The predicted octanol–water partition coefficient (Wildman–Crippen LogP) is 0.492. The van der Waals surface area contributed by atoms with E-state index in [9.17, 15) is 14.4 Å².